The highest BCUT2D eigenvalue weighted by atomic mass is 16.1. The van der Waals surface area contributed by atoms with Gasteiger partial charge in [-0.05, 0) is 12.8 Å². The Morgan fingerprint density at radius 2 is 0.964 bits per heavy atom. The normalized spacial score (nSPS) is 10.9. The summed E-state index contributed by atoms with van der Waals surface area (Å²) in [7, 11) is 0. The Morgan fingerprint density at radius 1 is 0.607 bits per heavy atom. The second-order valence-corrected chi connectivity index (χ2v) is 7.81. The Balaban J connectivity index is 1.80. The number of ketones is 1. The van der Waals surface area contributed by atoms with Gasteiger partial charge in [0.15, 0.2) is 30.6 Å². The molecule has 152 valence electrons. The third kappa shape index (κ3) is 7.92. The summed E-state index contributed by atoms with van der Waals surface area (Å²) in [5.74, 6) is 0.102. The Kier molecular flexibility index (Phi) is 10.5. The molecule has 0 aliphatic carbocycles. The van der Waals surface area contributed by atoms with Crippen LogP contribution in [0.2, 0.25) is 0 Å². The van der Waals surface area contributed by atoms with Crippen molar-refractivity contribution in [3.8, 4) is 0 Å². The number of carbonyl (C=O) groups is 1. The van der Waals surface area contributed by atoms with Gasteiger partial charge in [0, 0.05) is 48.2 Å². The molecule has 0 amide bonds. The number of hydrogen-bond donors (Lipinski definition) is 0. The number of aryl methyl sites for hydroxylation is 2. The van der Waals surface area contributed by atoms with Crippen LogP contribution in [0.3, 0.4) is 0 Å². The summed E-state index contributed by atoms with van der Waals surface area (Å²) < 4.78 is 4.36. The van der Waals surface area contributed by atoms with E-state index in [1.54, 1.807) is 0 Å². The molecular formula is C25H38N2O+2. The first-order chi connectivity index (χ1) is 13.7. The molecule has 0 saturated carbocycles. The number of aromatic nitrogens is 2. The van der Waals surface area contributed by atoms with E-state index in [0.717, 1.165) is 24.2 Å². The van der Waals surface area contributed by atoms with Crippen LogP contribution in [0.15, 0.2) is 49.1 Å². The quantitative estimate of drug-likeness (QED) is 0.243. The van der Waals surface area contributed by atoms with E-state index in [4.69, 9.17) is 0 Å². The SMILES string of the molecule is CCCCCCC[n+]1ccc(C(=O)c2cc[n+](CCCCCCC)cc2)cc1. The number of nitrogens with zero attached hydrogens (tertiary/aromatic N) is 2. The zero-order chi connectivity index (χ0) is 20.0. The third-order valence-electron chi connectivity index (χ3n) is 5.35. The predicted octanol–water partition coefficient (Wildman–Crippen LogP) is 5.43. The fourth-order valence-corrected chi connectivity index (χ4v) is 3.48. The first-order valence-electron chi connectivity index (χ1n) is 11.3. The van der Waals surface area contributed by atoms with Crippen LogP contribution in [0.5, 0.6) is 0 Å². The molecule has 0 fully saturated rings. The predicted molar refractivity (Wildman–Crippen MR) is 114 cm³/mol. The Bertz CT molecular complexity index is 617. The smallest absolute Gasteiger partial charge is 0.193 e. The van der Waals surface area contributed by atoms with Crippen molar-refractivity contribution in [2.75, 3.05) is 0 Å². The van der Waals surface area contributed by atoms with E-state index in [-0.39, 0.29) is 5.78 Å². The molecule has 0 atom stereocenters. The summed E-state index contributed by atoms with van der Waals surface area (Å²) in [5, 5.41) is 0. The number of unbranched alkanes of at least 4 members (excludes halogenated alkanes) is 8. The van der Waals surface area contributed by atoms with E-state index in [2.05, 4.69) is 23.0 Å². The highest BCUT2D eigenvalue weighted by Crippen LogP contribution is 2.08. The molecule has 28 heavy (non-hydrogen) atoms. The lowest BCUT2D eigenvalue weighted by Crippen LogP contribution is -2.33. The topological polar surface area (TPSA) is 24.8 Å². The van der Waals surface area contributed by atoms with Gasteiger partial charge in [0.25, 0.3) is 0 Å². The average Bonchev–Trinajstić information content (AvgIpc) is 2.74. The molecule has 0 N–H and O–H groups in total. The van der Waals surface area contributed by atoms with Crippen LogP contribution in [-0.4, -0.2) is 5.78 Å². The first kappa shape index (κ1) is 22.3. The van der Waals surface area contributed by atoms with Crippen molar-refractivity contribution in [1.82, 2.24) is 0 Å². The van der Waals surface area contributed by atoms with E-state index in [0.29, 0.717) is 0 Å². The fourth-order valence-electron chi connectivity index (χ4n) is 3.48. The van der Waals surface area contributed by atoms with Crippen molar-refractivity contribution >= 4 is 5.78 Å². The molecule has 0 unspecified atom stereocenters. The molecule has 0 aliphatic rings. The first-order valence-corrected chi connectivity index (χ1v) is 11.3. The fraction of sp³-hybridized carbons (Fsp3) is 0.560. The van der Waals surface area contributed by atoms with Crippen molar-refractivity contribution in [2.24, 2.45) is 0 Å². The number of rotatable bonds is 14. The molecule has 0 saturated heterocycles. The van der Waals surface area contributed by atoms with E-state index in [1.807, 2.05) is 49.1 Å². The molecule has 2 aromatic heterocycles. The second-order valence-electron chi connectivity index (χ2n) is 7.81. The van der Waals surface area contributed by atoms with Crippen LogP contribution in [0.4, 0.5) is 0 Å². The van der Waals surface area contributed by atoms with Crippen molar-refractivity contribution in [3.05, 3.63) is 60.2 Å². The molecule has 0 aliphatic heterocycles. The monoisotopic (exact) mass is 382 g/mol. The highest BCUT2D eigenvalue weighted by molar-refractivity contribution is 6.08. The van der Waals surface area contributed by atoms with Gasteiger partial charge in [0.1, 0.15) is 13.1 Å². The lowest BCUT2D eigenvalue weighted by atomic mass is 10.1. The minimum absolute atomic E-state index is 0.102. The Morgan fingerprint density at radius 3 is 1.32 bits per heavy atom. The summed E-state index contributed by atoms with van der Waals surface area (Å²) in [6.45, 7) is 6.54. The maximum Gasteiger partial charge on any atom is 0.193 e. The third-order valence-corrected chi connectivity index (χ3v) is 5.35. The van der Waals surface area contributed by atoms with Crippen LogP contribution < -0.4 is 9.13 Å². The molecule has 0 bridgehead atoms. The van der Waals surface area contributed by atoms with Gasteiger partial charge in [-0.1, -0.05) is 52.4 Å². The molecule has 2 heterocycles. The van der Waals surface area contributed by atoms with Crippen LogP contribution in [0.25, 0.3) is 0 Å². The maximum absolute atomic E-state index is 12.7. The average molecular weight is 383 g/mol. The van der Waals surface area contributed by atoms with Gasteiger partial charge in [-0.3, -0.25) is 4.79 Å². The standard InChI is InChI=1S/C25H38N2O/c1-3-5-7-9-11-17-26-19-13-23(14-20-26)25(28)24-15-21-27(22-16-24)18-12-10-8-6-4-2/h13-16,19-22H,3-12,17-18H2,1-2H3/q+2. The number of hydrogen-bond acceptors (Lipinski definition) is 1. The minimum atomic E-state index is 0.102. The van der Waals surface area contributed by atoms with Gasteiger partial charge in [-0.15, -0.1) is 0 Å². The zero-order valence-electron chi connectivity index (χ0n) is 17.9. The van der Waals surface area contributed by atoms with E-state index < -0.39 is 0 Å². The molecule has 0 radical (unpaired) electrons. The molecule has 2 rings (SSSR count). The van der Waals surface area contributed by atoms with Crippen molar-refractivity contribution in [2.45, 2.75) is 91.1 Å². The molecule has 3 nitrogen and oxygen atoms in total. The van der Waals surface area contributed by atoms with Gasteiger partial charge in [0.05, 0.1) is 0 Å². The van der Waals surface area contributed by atoms with Gasteiger partial charge in [-0.2, -0.15) is 0 Å². The van der Waals surface area contributed by atoms with Gasteiger partial charge < -0.3 is 0 Å². The molecular weight excluding hydrogens is 344 g/mol. The lowest BCUT2D eigenvalue weighted by molar-refractivity contribution is -0.697. The summed E-state index contributed by atoms with van der Waals surface area (Å²) in [5.41, 5.74) is 1.53. The summed E-state index contributed by atoms with van der Waals surface area (Å²) in [4.78, 5) is 12.7. The Labute approximate surface area is 171 Å². The second kappa shape index (κ2) is 13.2. The highest BCUT2D eigenvalue weighted by Gasteiger charge is 2.12. The number of carbonyl (C=O) groups excluding carboxylic acids is 1. The molecule has 0 spiro atoms. The largest absolute Gasteiger partial charge is 0.289 e. The molecule has 2 aromatic rings. The van der Waals surface area contributed by atoms with Crippen LogP contribution in [0.1, 0.15) is 94.0 Å². The van der Waals surface area contributed by atoms with Crippen molar-refractivity contribution in [1.29, 1.82) is 0 Å². The van der Waals surface area contributed by atoms with Crippen LogP contribution in [-0.2, 0) is 13.1 Å². The van der Waals surface area contributed by atoms with Gasteiger partial charge >= 0.3 is 0 Å². The summed E-state index contributed by atoms with van der Waals surface area (Å²) in [6.07, 6.45) is 21.0. The van der Waals surface area contributed by atoms with Crippen LogP contribution in [0, 0.1) is 0 Å². The summed E-state index contributed by atoms with van der Waals surface area (Å²) >= 11 is 0. The summed E-state index contributed by atoms with van der Waals surface area (Å²) in [6, 6.07) is 7.79. The van der Waals surface area contributed by atoms with Crippen molar-refractivity contribution < 1.29 is 13.9 Å². The zero-order valence-corrected chi connectivity index (χ0v) is 17.9. The van der Waals surface area contributed by atoms with Crippen molar-refractivity contribution in [3.63, 3.8) is 0 Å². The molecule has 3 heteroatoms. The van der Waals surface area contributed by atoms with E-state index in [9.17, 15) is 4.79 Å². The molecule has 0 aromatic carbocycles. The number of pyridine rings is 2. The lowest BCUT2D eigenvalue weighted by Gasteiger charge is -2.02. The van der Waals surface area contributed by atoms with Gasteiger partial charge in [0.2, 0.25) is 0 Å². The Hall–Kier alpha value is -2.03. The van der Waals surface area contributed by atoms with Gasteiger partial charge in [-0.25, -0.2) is 9.13 Å². The van der Waals surface area contributed by atoms with E-state index in [1.165, 1.54) is 64.2 Å². The van der Waals surface area contributed by atoms with E-state index >= 15 is 0 Å². The minimum Gasteiger partial charge on any atom is -0.289 e. The van der Waals surface area contributed by atoms with Crippen LogP contribution >= 0.6 is 0 Å². The maximum atomic E-state index is 12.7.